The smallest absolute Gasteiger partial charge is 0.227 e. The molecule has 0 spiro atoms. The molecule has 30 heavy (non-hydrogen) atoms. The molecule has 0 atom stereocenters. The first-order valence-corrected chi connectivity index (χ1v) is 10.2. The number of aromatic nitrogens is 2. The van der Waals surface area contributed by atoms with E-state index in [4.69, 9.17) is 4.74 Å². The summed E-state index contributed by atoms with van der Waals surface area (Å²) in [5.41, 5.74) is 3.92. The van der Waals surface area contributed by atoms with Crippen molar-refractivity contribution in [2.24, 2.45) is 5.92 Å². The van der Waals surface area contributed by atoms with Crippen molar-refractivity contribution in [3.05, 3.63) is 66.2 Å². The van der Waals surface area contributed by atoms with Gasteiger partial charge in [0, 0.05) is 36.3 Å². The maximum atomic E-state index is 12.6. The second kappa shape index (κ2) is 8.95. The summed E-state index contributed by atoms with van der Waals surface area (Å²) in [6.07, 6.45) is 1.58. The van der Waals surface area contributed by atoms with Crippen molar-refractivity contribution < 1.29 is 9.53 Å². The lowest BCUT2D eigenvalue weighted by Crippen LogP contribution is -2.38. The summed E-state index contributed by atoms with van der Waals surface area (Å²) in [7, 11) is 1.62. The van der Waals surface area contributed by atoms with Crippen LogP contribution in [0.5, 0.6) is 5.75 Å². The van der Waals surface area contributed by atoms with Crippen molar-refractivity contribution in [1.82, 2.24) is 10.2 Å². The number of piperidine rings is 1. The first-order valence-electron chi connectivity index (χ1n) is 10.2. The van der Waals surface area contributed by atoms with Gasteiger partial charge >= 0.3 is 0 Å². The van der Waals surface area contributed by atoms with Crippen molar-refractivity contribution in [2.75, 3.05) is 30.4 Å². The Hall–Kier alpha value is -3.41. The van der Waals surface area contributed by atoms with Crippen LogP contribution >= 0.6 is 0 Å². The van der Waals surface area contributed by atoms with Gasteiger partial charge in [-0.15, -0.1) is 10.2 Å². The quantitative estimate of drug-likeness (QED) is 0.689. The van der Waals surface area contributed by atoms with E-state index in [1.54, 1.807) is 7.11 Å². The molecular weight excluding hydrogens is 376 g/mol. The van der Waals surface area contributed by atoms with Gasteiger partial charge in [-0.3, -0.25) is 4.79 Å². The number of nitrogens with one attached hydrogen (secondary N) is 1. The number of methoxy groups -OCH3 is 1. The number of nitrogens with zero attached hydrogens (tertiary/aromatic N) is 3. The molecule has 1 aliphatic heterocycles. The number of aryl methyl sites for hydroxylation is 1. The molecule has 3 aromatic rings. The average Bonchev–Trinajstić information content (AvgIpc) is 2.80. The molecule has 1 N–H and O–H groups in total. The van der Waals surface area contributed by atoms with E-state index < -0.39 is 0 Å². The Labute approximate surface area is 176 Å². The number of anilines is 2. The van der Waals surface area contributed by atoms with E-state index in [2.05, 4.69) is 51.6 Å². The number of carbonyl (C=O) groups is 1. The van der Waals surface area contributed by atoms with Crippen molar-refractivity contribution in [2.45, 2.75) is 19.8 Å². The lowest BCUT2D eigenvalue weighted by molar-refractivity contribution is -0.120. The zero-order chi connectivity index (χ0) is 20.9. The highest BCUT2D eigenvalue weighted by atomic mass is 16.5. The molecule has 1 fully saturated rings. The molecule has 1 amide bonds. The predicted octanol–water partition coefficient (Wildman–Crippen LogP) is 4.32. The van der Waals surface area contributed by atoms with Gasteiger partial charge in [0.25, 0.3) is 0 Å². The monoisotopic (exact) mass is 402 g/mol. The lowest BCUT2D eigenvalue weighted by Gasteiger charge is -2.31. The number of hydrogen-bond acceptors (Lipinski definition) is 5. The molecule has 0 radical (unpaired) electrons. The number of hydrogen-bond donors (Lipinski definition) is 1. The van der Waals surface area contributed by atoms with Crippen molar-refractivity contribution in [3.8, 4) is 17.0 Å². The topological polar surface area (TPSA) is 67.3 Å². The minimum atomic E-state index is -0.00718. The molecule has 0 aliphatic carbocycles. The van der Waals surface area contributed by atoms with Crippen LogP contribution in [0, 0.1) is 12.8 Å². The molecule has 154 valence electrons. The van der Waals surface area contributed by atoms with E-state index in [1.165, 1.54) is 5.56 Å². The zero-order valence-corrected chi connectivity index (χ0v) is 17.3. The molecule has 0 bridgehead atoms. The van der Waals surface area contributed by atoms with Crippen LogP contribution in [0.3, 0.4) is 0 Å². The molecule has 2 aromatic carbocycles. The van der Waals surface area contributed by atoms with Crippen LogP contribution in [-0.2, 0) is 4.79 Å². The molecule has 6 heteroatoms. The highest BCUT2D eigenvalue weighted by Gasteiger charge is 2.26. The van der Waals surface area contributed by atoms with E-state index in [9.17, 15) is 4.79 Å². The molecular formula is C24H26N4O2. The number of carbonyl (C=O) groups excluding carboxylic acids is 1. The predicted molar refractivity (Wildman–Crippen MR) is 119 cm³/mol. The van der Waals surface area contributed by atoms with E-state index in [0.717, 1.165) is 54.4 Å². The van der Waals surface area contributed by atoms with E-state index in [0.29, 0.717) is 0 Å². The van der Waals surface area contributed by atoms with Crippen LogP contribution in [0.15, 0.2) is 60.7 Å². The first kappa shape index (κ1) is 19.9. The highest BCUT2D eigenvalue weighted by Crippen LogP contribution is 2.25. The number of amides is 1. The summed E-state index contributed by atoms with van der Waals surface area (Å²) in [4.78, 5) is 14.8. The van der Waals surface area contributed by atoms with Gasteiger partial charge in [-0.05, 0) is 44.0 Å². The summed E-state index contributed by atoms with van der Waals surface area (Å²) in [6.45, 7) is 3.64. The second-order valence-corrected chi connectivity index (χ2v) is 7.63. The third-order valence-corrected chi connectivity index (χ3v) is 5.52. The van der Waals surface area contributed by atoms with Crippen LogP contribution in [0.4, 0.5) is 11.5 Å². The third-order valence-electron chi connectivity index (χ3n) is 5.52. The molecule has 0 unspecified atom stereocenters. The molecule has 6 nitrogen and oxygen atoms in total. The van der Waals surface area contributed by atoms with Crippen LogP contribution in [0.2, 0.25) is 0 Å². The fourth-order valence-corrected chi connectivity index (χ4v) is 3.69. The van der Waals surface area contributed by atoms with Crippen LogP contribution in [0.25, 0.3) is 11.3 Å². The third kappa shape index (κ3) is 4.59. The Morgan fingerprint density at radius 1 is 1.03 bits per heavy atom. The van der Waals surface area contributed by atoms with Crippen LogP contribution in [0.1, 0.15) is 18.4 Å². The Morgan fingerprint density at radius 3 is 2.47 bits per heavy atom. The standard InChI is InChI=1S/C24H26N4O2/c1-17-6-8-18(9-7-17)22-10-11-23(27-26-22)28-14-12-19(13-15-28)24(29)25-20-4-3-5-21(16-20)30-2/h3-11,16,19H,12-15H2,1-2H3,(H,25,29). The molecule has 2 heterocycles. The van der Waals surface area contributed by atoms with E-state index in [-0.39, 0.29) is 11.8 Å². The van der Waals surface area contributed by atoms with Gasteiger partial charge in [-0.2, -0.15) is 0 Å². The highest BCUT2D eigenvalue weighted by molar-refractivity contribution is 5.92. The summed E-state index contributed by atoms with van der Waals surface area (Å²) >= 11 is 0. The normalized spacial score (nSPS) is 14.4. The zero-order valence-electron chi connectivity index (χ0n) is 17.3. The van der Waals surface area contributed by atoms with Gasteiger partial charge in [0.05, 0.1) is 12.8 Å². The van der Waals surface area contributed by atoms with Crippen molar-refractivity contribution >= 4 is 17.4 Å². The fraction of sp³-hybridized carbons (Fsp3) is 0.292. The van der Waals surface area contributed by atoms with Gasteiger partial charge < -0.3 is 15.0 Å². The summed E-state index contributed by atoms with van der Waals surface area (Å²) in [5.74, 6) is 1.64. The Morgan fingerprint density at radius 2 is 1.80 bits per heavy atom. The van der Waals surface area contributed by atoms with E-state index in [1.807, 2.05) is 36.4 Å². The molecule has 4 rings (SSSR count). The maximum absolute atomic E-state index is 12.6. The molecule has 1 aliphatic rings. The summed E-state index contributed by atoms with van der Waals surface area (Å²) < 4.78 is 5.22. The average molecular weight is 402 g/mol. The lowest BCUT2D eigenvalue weighted by atomic mass is 9.95. The van der Waals surface area contributed by atoms with Gasteiger partial charge in [0.1, 0.15) is 5.75 Å². The maximum Gasteiger partial charge on any atom is 0.227 e. The van der Waals surface area contributed by atoms with Gasteiger partial charge in [-0.25, -0.2) is 0 Å². The second-order valence-electron chi connectivity index (χ2n) is 7.63. The van der Waals surface area contributed by atoms with Gasteiger partial charge in [-0.1, -0.05) is 35.9 Å². The van der Waals surface area contributed by atoms with Crippen LogP contribution in [-0.4, -0.2) is 36.3 Å². The minimum Gasteiger partial charge on any atom is -0.497 e. The molecule has 1 saturated heterocycles. The van der Waals surface area contributed by atoms with Crippen molar-refractivity contribution in [1.29, 1.82) is 0 Å². The first-order chi connectivity index (χ1) is 14.6. The van der Waals surface area contributed by atoms with Crippen LogP contribution < -0.4 is 15.0 Å². The molecule has 0 saturated carbocycles. The number of benzene rings is 2. The van der Waals surface area contributed by atoms with Gasteiger partial charge in [0.2, 0.25) is 5.91 Å². The SMILES string of the molecule is COc1cccc(NC(=O)C2CCN(c3ccc(-c4ccc(C)cc4)nn3)CC2)c1. The largest absolute Gasteiger partial charge is 0.497 e. The Kier molecular flexibility index (Phi) is 5.93. The minimum absolute atomic E-state index is 0.00718. The number of ether oxygens (including phenoxy) is 1. The number of rotatable bonds is 5. The fourth-order valence-electron chi connectivity index (χ4n) is 3.69. The van der Waals surface area contributed by atoms with Gasteiger partial charge in [0.15, 0.2) is 5.82 Å². The Bertz CT molecular complexity index is 994. The van der Waals surface area contributed by atoms with Crippen molar-refractivity contribution in [3.63, 3.8) is 0 Å². The Balaban J connectivity index is 1.33. The summed E-state index contributed by atoms with van der Waals surface area (Å²) in [5, 5.41) is 11.8. The summed E-state index contributed by atoms with van der Waals surface area (Å²) in [6, 6.07) is 19.7. The molecule has 1 aromatic heterocycles. The van der Waals surface area contributed by atoms with E-state index >= 15 is 0 Å².